The zero-order valence-corrected chi connectivity index (χ0v) is 5.80. The first-order valence-electron chi connectivity index (χ1n) is 3.35. The highest BCUT2D eigenvalue weighted by Gasteiger charge is 2.29. The van der Waals surface area contributed by atoms with Gasteiger partial charge in [-0.25, -0.2) is 0 Å². The van der Waals surface area contributed by atoms with Crippen LogP contribution in [0.3, 0.4) is 0 Å². The van der Waals surface area contributed by atoms with Crippen molar-refractivity contribution in [3.8, 4) is 0 Å². The van der Waals surface area contributed by atoms with Crippen LogP contribution in [-0.2, 0) is 9.53 Å². The number of carbonyl (C=O) groups excluding carboxylic acids is 1. The van der Waals surface area contributed by atoms with Crippen LogP contribution >= 0.6 is 0 Å². The van der Waals surface area contributed by atoms with Gasteiger partial charge in [0.1, 0.15) is 12.9 Å². The predicted octanol–water partition coefficient (Wildman–Crippen LogP) is 1.26. The van der Waals surface area contributed by atoms with Gasteiger partial charge in [0.05, 0.1) is 5.60 Å². The Morgan fingerprint density at radius 1 is 1.40 bits per heavy atom. The topological polar surface area (TPSA) is 26.3 Å². The minimum absolute atomic E-state index is 0.248. The number of Topliss-reactive ketones (excluding diaryl/α,β-unsaturated/α-hetero) is 1. The van der Waals surface area contributed by atoms with E-state index in [1.165, 1.54) is 0 Å². The van der Waals surface area contributed by atoms with Crippen molar-refractivity contribution in [2.75, 3.05) is 0 Å². The lowest BCUT2D eigenvalue weighted by molar-refractivity contribution is -0.124. The first kappa shape index (κ1) is 7.73. The van der Waals surface area contributed by atoms with Gasteiger partial charge in [-0.3, -0.25) is 4.79 Å². The first-order valence-corrected chi connectivity index (χ1v) is 3.35. The monoisotopic (exact) mass is 138 g/mol. The van der Waals surface area contributed by atoms with Gasteiger partial charge < -0.3 is 4.74 Å². The maximum absolute atomic E-state index is 10.7. The molecule has 10 heavy (non-hydrogen) atoms. The fraction of sp³-hybridized carbons (Fsp3) is 0.625. The van der Waals surface area contributed by atoms with Crippen molar-refractivity contribution in [1.29, 1.82) is 0 Å². The number of hydrogen-bond donors (Lipinski definition) is 0. The average Bonchev–Trinajstić information content (AvgIpc) is 1.96. The normalized spacial score (nSPS) is 24.8. The smallest absolute Gasteiger partial charge is 0.133 e. The lowest BCUT2D eigenvalue weighted by atomic mass is 9.86. The average molecular weight is 138 g/mol. The summed E-state index contributed by atoms with van der Waals surface area (Å²) in [5.74, 6) is 0.248. The molecule has 0 aromatic heterocycles. The lowest BCUT2D eigenvalue weighted by Crippen LogP contribution is -2.32. The Labute approximate surface area is 61.6 Å². The van der Waals surface area contributed by atoms with E-state index in [1.807, 2.05) is 0 Å². The summed E-state index contributed by atoms with van der Waals surface area (Å²) in [6.07, 6.45) is 2.08. The van der Waals surface area contributed by atoms with E-state index in [-0.39, 0.29) is 5.78 Å². The molecule has 0 heterocycles. The van der Waals surface area contributed by atoms with E-state index in [9.17, 15) is 4.79 Å². The molecule has 0 unspecified atom stereocenters. The molecule has 0 aromatic rings. The van der Waals surface area contributed by atoms with E-state index in [1.54, 1.807) is 0 Å². The number of ether oxygens (including phenoxy) is 1. The standard InChI is InChI=1S/C8H10O2/c1-8(10-2)5-3-7(9)4-6-8/h1-2H,3-6H2. The summed E-state index contributed by atoms with van der Waals surface area (Å²) in [7, 11) is 4.95. The molecule has 0 N–H and O–H groups in total. The number of hydrogen-bond acceptors (Lipinski definition) is 2. The Bertz CT molecular complexity index is 130. The Hall–Kier alpha value is -0.370. The van der Waals surface area contributed by atoms with Crippen LogP contribution in [0.5, 0.6) is 0 Å². The maximum Gasteiger partial charge on any atom is 0.133 e. The van der Waals surface area contributed by atoms with Gasteiger partial charge in [-0.2, -0.15) is 0 Å². The summed E-state index contributed by atoms with van der Waals surface area (Å²) < 4.78 is 4.55. The van der Waals surface area contributed by atoms with E-state index in [4.69, 9.17) is 14.0 Å². The molecular weight excluding hydrogens is 128 g/mol. The van der Waals surface area contributed by atoms with Crippen molar-refractivity contribution >= 4 is 5.78 Å². The molecule has 2 nitrogen and oxygen atoms in total. The van der Waals surface area contributed by atoms with Crippen molar-refractivity contribution in [3.05, 3.63) is 14.0 Å². The quantitative estimate of drug-likeness (QED) is 0.545. The molecule has 0 aliphatic heterocycles. The number of carbonyl (C=O) groups is 1. The molecule has 0 aromatic carbocycles. The van der Waals surface area contributed by atoms with Crippen molar-refractivity contribution in [2.45, 2.75) is 31.3 Å². The number of ketones is 1. The third-order valence-electron chi connectivity index (χ3n) is 1.89. The summed E-state index contributed by atoms with van der Waals surface area (Å²) >= 11 is 0. The Morgan fingerprint density at radius 2 is 1.90 bits per heavy atom. The lowest BCUT2D eigenvalue weighted by Gasteiger charge is -2.30. The van der Waals surface area contributed by atoms with Crippen LogP contribution < -0.4 is 0 Å². The van der Waals surface area contributed by atoms with Gasteiger partial charge in [-0.15, -0.1) is 0 Å². The highest BCUT2D eigenvalue weighted by atomic mass is 16.5. The van der Waals surface area contributed by atoms with Crippen LogP contribution in [0, 0.1) is 14.0 Å². The minimum atomic E-state index is -0.742. The second-order valence-corrected chi connectivity index (χ2v) is 2.72. The minimum Gasteiger partial charge on any atom is -0.366 e. The summed E-state index contributed by atoms with van der Waals surface area (Å²) in [4.78, 5) is 10.7. The molecule has 0 bridgehead atoms. The molecule has 1 fully saturated rings. The van der Waals surface area contributed by atoms with E-state index >= 15 is 0 Å². The zero-order chi connectivity index (χ0) is 7.61. The van der Waals surface area contributed by atoms with E-state index < -0.39 is 5.60 Å². The number of rotatable bonds is 1. The first-order chi connectivity index (χ1) is 4.66. The van der Waals surface area contributed by atoms with Gasteiger partial charge in [-0.1, -0.05) is 0 Å². The van der Waals surface area contributed by atoms with E-state index in [0.29, 0.717) is 25.7 Å². The molecule has 4 radical (unpaired) electrons. The zero-order valence-electron chi connectivity index (χ0n) is 5.80. The molecule has 1 saturated carbocycles. The molecule has 0 atom stereocenters. The Kier molecular flexibility index (Phi) is 2.09. The molecule has 1 rings (SSSR count). The third-order valence-corrected chi connectivity index (χ3v) is 1.89. The van der Waals surface area contributed by atoms with Gasteiger partial charge in [0.2, 0.25) is 0 Å². The Morgan fingerprint density at radius 3 is 2.30 bits per heavy atom. The SMILES string of the molecule is [CH]OC1([CH])CCC(=O)CC1. The highest BCUT2D eigenvalue weighted by Crippen LogP contribution is 2.28. The van der Waals surface area contributed by atoms with Crippen LogP contribution in [0.25, 0.3) is 0 Å². The molecular formula is C8H10O2. The van der Waals surface area contributed by atoms with Crippen molar-refractivity contribution in [3.63, 3.8) is 0 Å². The van der Waals surface area contributed by atoms with Crippen LogP contribution in [0.1, 0.15) is 25.7 Å². The predicted molar refractivity (Wildman–Crippen MR) is 35.9 cm³/mol. The summed E-state index contributed by atoms with van der Waals surface area (Å²) in [6, 6.07) is 0. The van der Waals surface area contributed by atoms with Gasteiger partial charge >= 0.3 is 0 Å². The summed E-state index contributed by atoms with van der Waals surface area (Å²) in [5.41, 5.74) is -0.742. The molecule has 54 valence electrons. The van der Waals surface area contributed by atoms with Gasteiger partial charge in [0, 0.05) is 12.8 Å². The maximum atomic E-state index is 10.7. The van der Waals surface area contributed by atoms with Crippen LogP contribution in [0.4, 0.5) is 0 Å². The molecule has 0 amide bonds. The van der Waals surface area contributed by atoms with Gasteiger partial charge in [0.25, 0.3) is 0 Å². The van der Waals surface area contributed by atoms with Crippen molar-refractivity contribution in [2.24, 2.45) is 0 Å². The largest absolute Gasteiger partial charge is 0.366 e. The van der Waals surface area contributed by atoms with Crippen molar-refractivity contribution < 1.29 is 9.53 Å². The van der Waals surface area contributed by atoms with E-state index in [2.05, 4.69) is 4.74 Å². The van der Waals surface area contributed by atoms with Crippen LogP contribution in [0.2, 0.25) is 0 Å². The van der Waals surface area contributed by atoms with E-state index in [0.717, 1.165) is 0 Å². The fourth-order valence-corrected chi connectivity index (χ4v) is 1.07. The van der Waals surface area contributed by atoms with Crippen LogP contribution in [-0.4, -0.2) is 11.4 Å². The molecule has 1 aliphatic carbocycles. The molecule has 1 aliphatic rings. The molecule has 0 spiro atoms. The van der Waals surface area contributed by atoms with Gasteiger partial charge in [-0.05, 0) is 19.8 Å². The van der Waals surface area contributed by atoms with Crippen LogP contribution in [0.15, 0.2) is 0 Å². The highest BCUT2D eigenvalue weighted by molar-refractivity contribution is 5.79. The second-order valence-electron chi connectivity index (χ2n) is 2.72. The summed E-state index contributed by atoms with van der Waals surface area (Å²) in [5, 5.41) is 0. The molecule has 2 heteroatoms. The fourth-order valence-electron chi connectivity index (χ4n) is 1.07. The second kappa shape index (κ2) is 2.70. The summed E-state index contributed by atoms with van der Waals surface area (Å²) in [6.45, 7) is 5.62. The molecule has 0 saturated heterocycles. The van der Waals surface area contributed by atoms with Crippen molar-refractivity contribution in [1.82, 2.24) is 0 Å². The third kappa shape index (κ3) is 1.57. The Balaban J connectivity index is 2.46. The van der Waals surface area contributed by atoms with Gasteiger partial charge in [0.15, 0.2) is 0 Å².